The Balaban J connectivity index is 1.67. The average molecular weight is 384 g/mol. The predicted molar refractivity (Wildman–Crippen MR) is 96.3 cm³/mol. The molecule has 0 saturated heterocycles. The number of anilines is 1. The van der Waals surface area contributed by atoms with Crippen LogP contribution >= 0.6 is 34.4 Å². The van der Waals surface area contributed by atoms with Gasteiger partial charge in [-0.25, -0.2) is 4.79 Å². The molecule has 1 aliphatic carbocycles. The zero-order valence-corrected chi connectivity index (χ0v) is 15.8. The fourth-order valence-corrected chi connectivity index (χ4v) is 4.86. The van der Waals surface area contributed by atoms with Crippen LogP contribution in [0.3, 0.4) is 0 Å². The quantitative estimate of drug-likeness (QED) is 0.580. The van der Waals surface area contributed by atoms with E-state index < -0.39 is 0 Å². The molecule has 0 aliphatic heterocycles. The molecular weight excluding hydrogens is 366 g/mol. The molecule has 1 N–H and O–H groups in total. The number of thioether (sulfide) groups is 1. The van der Waals surface area contributed by atoms with Crippen LogP contribution < -0.4 is 5.32 Å². The molecule has 9 heteroatoms. The van der Waals surface area contributed by atoms with Crippen molar-refractivity contribution in [3.05, 3.63) is 21.5 Å². The van der Waals surface area contributed by atoms with E-state index in [9.17, 15) is 9.59 Å². The van der Waals surface area contributed by atoms with Gasteiger partial charge in [0, 0.05) is 0 Å². The highest BCUT2D eigenvalue weighted by Crippen LogP contribution is 2.46. The highest BCUT2D eigenvalue weighted by molar-refractivity contribution is 8.01. The molecule has 1 amide bonds. The molecule has 6 nitrogen and oxygen atoms in total. The molecule has 1 saturated carbocycles. The van der Waals surface area contributed by atoms with Gasteiger partial charge in [-0.2, -0.15) is 0 Å². The summed E-state index contributed by atoms with van der Waals surface area (Å²) in [6, 6.07) is 0. The van der Waals surface area contributed by atoms with Crippen molar-refractivity contribution >= 4 is 51.3 Å². The summed E-state index contributed by atoms with van der Waals surface area (Å²) in [5.74, 6) is 0.129. The largest absolute Gasteiger partial charge is 0.462 e. The summed E-state index contributed by atoms with van der Waals surface area (Å²) in [6.45, 7) is 3.97. The van der Waals surface area contributed by atoms with E-state index in [0.29, 0.717) is 23.1 Å². The van der Waals surface area contributed by atoms with Gasteiger partial charge in [0.1, 0.15) is 10.0 Å². The van der Waals surface area contributed by atoms with Crippen molar-refractivity contribution in [2.24, 2.45) is 0 Å². The molecule has 2 aromatic rings. The van der Waals surface area contributed by atoms with E-state index in [1.807, 2.05) is 12.3 Å². The van der Waals surface area contributed by atoms with Crippen LogP contribution in [0.5, 0.6) is 0 Å². The minimum atomic E-state index is -0.358. The van der Waals surface area contributed by atoms with Gasteiger partial charge in [-0.3, -0.25) is 4.79 Å². The number of nitrogens with zero attached hydrogens (tertiary/aromatic N) is 2. The number of aromatic nitrogens is 2. The van der Waals surface area contributed by atoms with Gasteiger partial charge in [-0.1, -0.05) is 23.1 Å². The molecule has 0 radical (unpaired) electrons. The van der Waals surface area contributed by atoms with E-state index in [1.165, 1.54) is 34.4 Å². The Morgan fingerprint density at radius 3 is 2.83 bits per heavy atom. The smallest absolute Gasteiger partial charge is 0.341 e. The Morgan fingerprint density at radius 1 is 1.42 bits per heavy atom. The second kappa shape index (κ2) is 7.62. The molecule has 0 bridgehead atoms. The SMILES string of the molecule is CCOC(=O)c1c(C2CC2)csc1NC(=O)CSc1nnc(C)s1. The molecule has 0 aromatic carbocycles. The number of hydrogen-bond donors (Lipinski definition) is 1. The molecule has 2 heterocycles. The van der Waals surface area contributed by atoms with Gasteiger partial charge in [-0.05, 0) is 43.6 Å². The van der Waals surface area contributed by atoms with E-state index in [1.54, 1.807) is 6.92 Å². The van der Waals surface area contributed by atoms with E-state index >= 15 is 0 Å². The lowest BCUT2D eigenvalue weighted by atomic mass is 10.1. The van der Waals surface area contributed by atoms with Crippen molar-refractivity contribution in [2.45, 2.75) is 36.9 Å². The van der Waals surface area contributed by atoms with Crippen LogP contribution in [0, 0.1) is 6.92 Å². The van der Waals surface area contributed by atoms with Gasteiger partial charge >= 0.3 is 5.97 Å². The normalized spacial score (nSPS) is 13.8. The summed E-state index contributed by atoms with van der Waals surface area (Å²) in [6.07, 6.45) is 2.17. The molecule has 3 rings (SSSR count). The molecule has 0 spiro atoms. The molecule has 1 aliphatic rings. The molecule has 128 valence electrons. The Labute approximate surface area is 152 Å². The highest BCUT2D eigenvalue weighted by Gasteiger charge is 2.32. The van der Waals surface area contributed by atoms with E-state index in [0.717, 1.165) is 27.8 Å². The van der Waals surface area contributed by atoms with Crippen molar-refractivity contribution in [3.8, 4) is 0 Å². The fourth-order valence-electron chi connectivity index (χ4n) is 2.20. The van der Waals surface area contributed by atoms with E-state index in [-0.39, 0.29) is 17.6 Å². The third-order valence-electron chi connectivity index (χ3n) is 3.40. The number of nitrogens with one attached hydrogen (secondary N) is 1. The van der Waals surface area contributed by atoms with Crippen LogP contribution in [0.4, 0.5) is 5.00 Å². The first kappa shape index (κ1) is 17.4. The zero-order chi connectivity index (χ0) is 17.1. The number of amides is 1. The number of aryl methyl sites for hydroxylation is 1. The maximum atomic E-state index is 12.3. The highest BCUT2D eigenvalue weighted by atomic mass is 32.2. The molecule has 2 aromatic heterocycles. The maximum absolute atomic E-state index is 12.3. The number of ether oxygens (including phenoxy) is 1. The Kier molecular flexibility index (Phi) is 5.52. The van der Waals surface area contributed by atoms with Crippen LogP contribution in [0.15, 0.2) is 9.72 Å². The van der Waals surface area contributed by atoms with Crippen LogP contribution in [0.1, 0.15) is 46.6 Å². The minimum absolute atomic E-state index is 0.164. The van der Waals surface area contributed by atoms with Crippen LogP contribution in [0.2, 0.25) is 0 Å². The molecule has 1 fully saturated rings. The molecule has 24 heavy (non-hydrogen) atoms. The summed E-state index contributed by atoms with van der Waals surface area (Å²) in [5, 5.41) is 14.2. The number of esters is 1. The number of thiophene rings is 1. The third kappa shape index (κ3) is 4.14. The topological polar surface area (TPSA) is 81.2 Å². The number of carbonyl (C=O) groups is 2. The minimum Gasteiger partial charge on any atom is -0.462 e. The van der Waals surface area contributed by atoms with Crippen molar-refractivity contribution < 1.29 is 14.3 Å². The van der Waals surface area contributed by atoms with Crippen LogP contribution in [-0.2, 0) is 9.53 Å². The van der Waals surface area contributed by atoms with Crippen LogP contribution in [-0.4, -0.2) is 34.4 Å². The van der Waals surface area contributed by atoms with Gasteiger partial charge in [0.05, 0.1) is 17.9 Å². The van der Waals surface area contributed by atoms with E-state index in [2.05, 4.69) is 15.5 Å². The van der Waals surface area contributed by atoms with Crippen molar-refractivity contribution in [2.75, 3.05) is 17.7 Å². The first-order valence-electron chi connectivity index (χ1n) is 7.59. The third-order valence-corrected chi connectivity index (χ3v) is 6.29. The van der Waals surface area contributed by atoms with E-state index in [4.69, 9.17) is 4.74 Å². The van der Waals surface area contributed by atoms with Crippen molar-refractivity contribution in [1.29, 1.82) is 0 Å². The zero-order valence-electron chi connectivity index (χ0n) is 13.3. The first-order valence-corrected chi connectivity index (χ1v) is 10.3. The summed E-state index contributed by atoms with van der Waals surface area (Å²) in [7, 11) is 0. The Morgan fingerprint density at radius 2 is 2.21 bits per heavy atom. The number of hydrogen-bond acceptors (Lipinski definition) is 8. The van der Waals surface area contributed by atoms with Crippen molar-refractivity contribution in [3.63, 3.8) is 0 Å². The number of carbonyl (C=O) groups excluding carboxylic acids is 2. The Hall–Kier alpha value is -1.45. The summed E-state index contributed by atoms with van der Waals surface area (Å²) < 4.78 is 5.92. The van der Waals surface area contributed by atoms with Gasteiger partial charge in [0.2, 0.25) is 5.91 Å². The average Bonchev–Trinajstić information content (AvgIpc) is 3.18. The molecule has 0 unspecified atom stereocenters. The monoisotopic (exact) mass is 383 g/mol. The number of rotatable bonds is 7. The summed E-state index contributed by atoms with van der Waals surface area (Å²) in [4.78, 5) is 24.5. The lowest BCUT2D eigenvalue weighted by Crippen LogP contribution is -2.16. The van der Waals surface area contributed by atoms with Crippen LogP contribution in [0.25, 0.3) is 0 Å². The first-order chi connectivity index (χ1) is 11.6. The molecular formula is C15H17N3O3S3. The lowest BCUT2D eigenvalue weighted by Gasteiger charge is -2.07. The lowest BCUT2D eigenvalue weighted by molar-refractivity contribution is -0.113. The summed E-state index contributed by atoms with van der Waals surface area (Å²) >= 11 is 4.18. The van der Waals surface area contributed by atoms with Crippen molar-refractivity contribution in [1.82, 2.24) is 10.2 Å². The fraction of sp³-hybridized carbons (Fsp3) is 0.467. The van der Waals surface area contributed by atoms with Gasteiger partial charge in [0.25, 0.3) is 0 Å². The second-order valence-electron chi connectivity index (χ2n) is 5.31. The van der Waals surface area contributed by atoms with Gasteiger partial charge in [0.15, 0.2) is 4.34 Å². The summed E-state index contributed by atoms with van der Waals surface area (Å²) in [5.41, 5.74) is 1.52. The van der Waals surface area contributed by atoms with Gasteiger partial charge < -0.3 is 10.1 Å². The maximum Gasteiger partial charge on any atom is 0.341 e. The second-order valence-corrected chi connectivity index (χ2v) is 8.60. The molecule has 0 atom stereocenters. The Bertz CT molecular complexity index is 752. The predicted octanol–water partition coefficient (Wildman–Crippen LogP) is 3.69. The standard InChI is InChI=1S/C15H17N3O3S3/c1-3-21-14(20)12-10(9-4-5-9)6-22-13(12)16-11(19)7-23-15-18-17-8(2)24-15/h6,9H,3-5,7H2,1-2H3,(H,16,19). The van der Waals surface area contributed by atoms with Gasteiger partial charge in [-0.15, -0.1) is 21.5 Å².